The highest BCUT2D eigenvalue weighted by atomic mass is 35.5. The predicted molar refractivity (Wildman–Crippen MR) is 78.4 cm³/mol. The summed E-state index contributed by atoms with van der Waals surface area (Å²) in [5.41, 5.74) is 0.951. The van der Waals surface area contributed by atoms with E-state index >= 15 is 0 Å². The molecule has 1 aliphatic rings. The van der Waals surface area contributed by atoms with Crippen LogP contribution in [0.25, 0.3) is 0 Å². The maximum atomic E-state index is 11.8. The van der Waals surface area contributed by atoms with Gasteiger partial charge in [-0.2, -0.15) is 0 Å². The van der Waals surface area contributed by atoms with Crippen molar-refractivity contribution in [3.8, 4) is 0 Å². The fourth-order valence-electron chi connectivity index (χ4n) is 2.10. The van der Waals surface area contributed by atoms with Gasteiger partial charge in [0.25, 0.3) is 0 Å². The van der Waals surface area contributed by atoms with Crippen molar-refractivity contribution in [2.45, 2.75) is 19.0 Å². The summed E-state index contributed by atoms with van der Waals surface area (Å²) in [4.78, 5) is 11.8. The zero-order valence-corrected chi connectivity index (χ0v) is 12.5. The van der Waals surface area contributed by atoms with Gasteiger partial charge in [0.15, 0.2) is 9.84 Å². The first-order valence-electron chi connectivity index (χ1n) is 6.39. The molecule has 7 heteroatoms. The van der Waals surface area contributed by atoms with Gasteiger partial charge in [0, 0.05) is 30.6 Å². The molecule has 0 bridgehead atoms. The van der Waals surface area contributed by atoms with E-state index in [1.807, 2.05) is 12.1 Å². The number of carbonyl (C=O) groups excluding carboxylic acids is 1. The molecule has 1 unspecified atom stereocenters. The van der Waals surface area contributed by atoms with Crippen LogP contribution in [0.5, 0.6) is 0 Å². The Labute approximate surface area is 123 Å². The minimum Gasteiger partial charge on any atom is -0.352 e. The van der Waals surface area contributed by atoms with Gasteiger partial charge in [-0.25, -0.2) is 8.42 Å². The molecule has 20 heavy (non-hydrogen) atoms. The molecule has 0 spiro atoms. The van der Waals surface area contributed by atoms with Crippen molar-refractivity contribution in [1.29, 1.82) is 0 Å². The van der Waals surface area contributed by atoms with Crippen molar-refractivity contribution >= 4 is 27.3 Å². The van der Waals surface area contributed by atoms with Gasteiger partial charge >= 0.3 is 0 Å². The molecule has 1 amide bonds. The lowest BCUT2D eigenvalue weighted by Gasteiger charge is -2.23. The molecule has 1 aromatic carbocycles. The van der Waals surface area contributed by atoms with Crippen molar-refractivity contribution in [2.24, 2.45) is 0 Å². The SMILES string of the molecule is O=C(CC1CS(=O)(=O)CCN1)NCc1ccc(Cl)cc1. The summed E-state index contributed by atoms with van der Waals surface area (Å²) in [6.07, 6.45) is 0.173. The molecule has 1 heterocycles. The number of sulfone groups is 1. The number of rotatable bonds is 4. The van der Waals surface area contributed by atoms with Gasteiger partial charge < -0.3 is 10.6 Å². The second-order valence-corrected chi connectivity index (χ2v) is 7.54. The van der Waals surface area contributed by atoms with Crippen LogP contribution < -0.4 is 10.6 Å². The van der Waals surface area contributed by atoms with Gasteiger partial charge in [0.1, 0.15) is 0 Å². The van der Waals surface area contributed by atoms with Crippen LogP contribution in [-0.4, -0.2) is 38.4 Å². The molecule has 2 N–H and O–H groups in total. The molecule has 1 atom stereocenters. The number of hydrogen-bond acceptors (Lipinski definition) is 4. The summed E-state index contributed by atoms with van der Waals surface area (Å²) in [5.74, 6) is 0.0200. The lowest BCUT2D eigenvalue weighted by atomic mass is 10.2. The van der Waals surface area contributed by atoms with Crippen molar-refractivity contribution in [2.75, 3.05) is 18.1 Å². The first-order chi connectivity index (χ1) is 9.44. The average molecular weight is 317 g/mol. The van der Waals surface area contributed by atoms with Crippen molar-refractivity contribution in [1.82, 2.24) is 10.6 Å². The third-order valence-corrected chi connectivity index (χ3v) is 5.12. The molecule has 2 rings (SSSR count). The molecule has 0 radical (unpaired) electrons. The largest absolute Gasteiger partial charge is 0.352 e. The van der Waals surface area contributed by atoms with Crippen LogP contribution in [0, 0.1) is 0 Å². The first kappa shape index (κ1) is 15.3. The van der Waals surface area contributed by atoms with E-state index < -0.39 is 9.84 Å². The van der Waals surface area contributed by atoms with E-state index in [0.29, 0.717) is 18.1 Å². The molecule has 1 aliphatic heterocycles. The average Bonchev–Trinajstić information content (AvgIpc) is 2.37. The van der Waals surface area contributed by atoms with Crippen LogP contribution in [0.15, 0.2) is 24.3 Å². The van der Waals surface area contributed by atoms with Crippen LogP contribution in [0.4, 0.5) is 0 Å². The second-order valence-electron chi connectivity index (χ2n) is 4.87. The van der Waals surface area contributed by atoms with Crippen molar-refractivity contribution in [3.63, 3.8) is 0 Å². The highest BCUT2D eigenvalue weighted by Gasteiger charge is 2.25. The van der Waals surface area contributed by atoms with E-state index in [9.17, 15) is 13.2 Å². The van der Waals surface area contributed by atoms with Crippen LogP contribution in [-0.2, 0) is 21.2 Å². The number of benzene rings is 1. The van der Waals surface area contributed by atoms with E-state index in [1.165, 1.54) is 0 Å². The summed E-state index contributed by atoms with van der Waals surface area (Å²) in [5, 5.41) is 6.48. The zero-order chi connectivity index (χ0) is 14.6. The van der Waals surface area contributed by atoms with E-state index in [0.717, 1.165) is 5.56 Å². The van der Waals surface area contributed by atoms with Gasteiger partial charge in [0.2, 0.25) is 5.91 Å². The topological polar surface area (TPSA) is 75.3 Å². The summed E-state index contributed by atoms with van der Waals surface area (Å²) >= 11 is 5.78. The number of carbonyl (C=O) groups is 1. The number of amides is 1. The van der Waals surface area contributed by atoms with E-state index in [4.69, 9.17) is 11.6 Å². The lowest BCUT2D eigenvalue weighted by molar-refractivity contribution is -0.121. The highest BCUT2D eigenvalue weighted by molar-refractivity contribution is 7.91. The molecule has 1 saturated heterocycles. The molecule has 1 fully saturated rings. The maximum Gasteiger partial charge on any atom is 0.221 e. The van der Waals surface area contributed by atoms with Gasteiger partial charge in [-0.1, -0.05) is 23.7 Å². The minimum atomic E-state index is -3.01. The first-order valence-corrected chi connectivity index (χ1v) is 8.59. The molecule has 0 aromatic heterocycles. The summed E-state index contributed by atoms with van der Waals surface area (Å²) < 4.78 is 22.9. The molecule has 0 aliphatic carbocycles. The Morgan fingerprint density at radius 2 is 2.05 bits per heavy atom. The van der Waals surface area contributed by atoms with Crippen LogP contribution in [0.3, 0.4) is 0 Å². The minimum absolute atomic E-state index is 0.0291. The third-order valence-electron chi connectivity index (χ3n) is 3.14. The predicted octanol–water partition coefficient (Wildman–Crippen LogP) is 0.733. The highest BCUT2D eigenvalue weighted by Crippen LogP contribution is 2.09. The number of nitrogens with one attached hydrogen (secondary N) is 2. The number of hydrogen-bond donors (Lipinski definition) is 2. The Balaban J connectivity index is 1.79. The Morgan fingerprint density at radius 1 is 1.35 bits per heavy atom. The summed E-state index contributed by atoms with van der Waals surface area (Å²) in [7, 11) is -3.01. The molecule has 0 saturated carbocycles. The van der Waals surface area contributed by atoms with Crippen molar-refractivity contribution in [3.05, 3.63) is 34.9 Å². The third kappa shape index (κ3) is 4.77. The summed E-state index contributed by atoms with van der Waals surface area (Å²) in [6.45, 7) is 0.826. The second kappa shape index (κ2) is 6.56. The van der Waals surface area contributed by atoms with E-state index in [1.54, 1.807) is 12.1 Å². The van der Waals surface area contributed by atoms with E-state index in [-0.39, 0.29) is 29.9 Å². The standard InChI is InChI=1S/C13H17ClN2O3S/c14-11-3-1-10(2-4-11)8-16-13(17)7-12-9-20(18,19)6-5-15-12/h1-4,12,15H,5-9H2,(H,16,17). The lowest BCUT2D eigenvalue weighted by Crippen LogP contribution is -2.47. The van der Waals surface area contributed by atoms with Crippen molar-refractivity contribution < 1.29 is 13.2 Å². The molecule has 110 valence electrons. The Kier molecular flexibility index (Phi) is 5.01. The number of halogens is 1. The smallest absolute Gasteiger partial charge is 0.221 e. The fraction of sp³-hybridized carbons (Fsp3) is 0.462. The van der Waals surface area contributed by atoms with Crippen LogP contribution >= 0.6 is 11.6 Å². The van der Waals surface area contributed by atoms with Gasteiger partial charge in [0.05, 0.1) is 11.5 Å². The van der Waals surface area contributed by atoms with Gasteiger partial charge in [-0.3, -0.25) is 4.79 Å². The molecule has 5 nitrogen and oxygen atoms in total. The van der Waals surface area contributed by atoms with Gasteiger partial charge in [-0.15, -0.1) is 0 Å². The monoisotopic (exact) mass is 316 g/mol. The Hall–Kier alpha value is -1.11. The van der Waals surface area contributed by atoms with Gasteiger partial charge in [-0.05, 0) is 17.7 Å². The zero-order valence-electron chi connectivity index (χ0n) is 10.9. The molecular formula is C13H17ClN2O3S. The normalized spacial score (nSPS) is 21.4. The fourth-order valence-corrected chi connectivity index (χ4v) is 3.67. The Bertz CT molecular complexity index is 572. The van der Waals surface area contributed by atoms with E-state index in [2.05, 4.69) is 10.6 Å². The van der Waals surface area contributed by atoms with Crippen LogP contribution in [0.1, 0.15) is 12.0 Å². The maximum absolute atomic E-state index is 11.8. The molecular weight excluding hydrogens is 300 g/mol. The summed E-state index contributed by atoms with van der Waals surface area (Å²) in [6, 6.07) is 6.91. The Morgan fingerprint density at radius 3 is 2.70 bits per heavy atom. The molecule has 1 aromatic rings. The van der Waals surface area contributed by atoms with Crippen LogP contribution in [0.2, 0.25) is 5.02 Å². The quantitative estimate of drug-likeness (QED) is 0.859.